The fourth-order valence-corrected chi connectivity index (χ4v) is 2.14. The molecule has 1 aromatic heterocycles. The van der Waals surface area contributed by atoms with Gasteiger partial charge in [-0.3, -0.25) is 0 Å². The molecule has 0 amide bonds. The van der Waals surface area contributed by atoms with Gasteiger partial charge in [0.25, 0.3) is 0 Å². The molecule has 0 saturated carbocycles. The van der Waals surface area contributed by atoms with Crippen LogP contribution in [0.3, 0.4) is 0 Å². The molecule has 0 bridgehead atoms. The first-order chi connectivity index (χ1) is 9.43. The molecule has 0 aliphatic rings. The van der Waals surface area contributed by atoms with Gasteiger partial charge in [0.05, 0.1) is 0 Å². The lowest BCUT2D eigenvalue weighted by Crippen LogP contribution is -2.28. The minimum Gasteiger partial charge on any atom is -0.357 e. The molecule has 0 saturated heterocycles. The summed E-state index contributed by atoms with van der Waals surface area (Å²) in [6.07, 6.45) is 2.41. The van der Waals surface area contributed by atoms with Crippen LogP contribution < -0.4 is 10.6 Å². The molecule has 20 heavy (non-hydrogen) atoms. The van der Waals surface area contributed by atoms with E-state index in [1.54, 1.807) is 0 Å². The second kappa shape index (κ2) is 8.25. The van der Waals surface area contributed by atoms with E-state index in [-0.39, 0.29) is 0 Å². The monoisotopic (exact) mass is 277 g/mol. The lowest BCUT2D eigenvalue weighted by molar-refractivity contribution is 0.532. The Kier molecular flexibility index (Phi) is 7.00. The zero-order valence-electron chi connectivity index (χ0n) is 13.8. The second-order valence-corrected chi connectivity index (χ2v) is 6.47. The topological polar surface area (TPSA) is 42.2 Å². The summed E-state index contributed by atoms with van der Waals surface area (Å²) in [5.74, 6) is 2.54. The van der Waals surface area contributed by atoms with Crippen LogP contribution in [-0.2, 0) is 6.54 Å². The van der Waals surface area contributed by atoms with Crippen molar-refractivity contribution in [3.05, 3.63) is 23.4 Å². The van der Waals surface area contributed by atoms with Crippen molar-refractivity contribution < 1.29 is 0 Å². The van der Waals surface area contributed by atoms with E-state index in [9.17, 15) is 0 Å². The number of hydrogen-bond acceptors (Lipinski definition) is 3. The van der Waals surface area contributed by atoms with Crippen molar-refractivity contribution in [3.8, 4) is 0 Å². The Balaban J connectivity index is 2.82. The van der Waals surface area contributed by atoms with Gasteiger partial charge < -0.3 is 10.6 Å². The predicted molar refractivity (Wildman–Crippen MR) is 88.0 cm³/mol. The maximum Gasteiger partial charge on any atom is 0.128 e. The molecule has 0 aliphatic heterocycles. The zero-order valence-corrected chi connectivity index (χ0v) is 13.8. The fraction of sp³-hybridized carbons (Fsp3) is 0.706. The van der Waals surface area contributed by atoms with Gasteiger partial charge in [-0.05, 0) is 43.2 Å². The highest BCUT2D eigenvalue weighted by molar-refractivity contribution is 5.41. The Morgan fingerprint density at radius 3 is 2.00 bits per heavy atom. The number of aryl methyl sites for hydroxylation is 1. The molecule has 1 aromatic rings. The van der Waals surface area contributed by atoms with Crippen molar-refractivity contribution in [3.63, 3.8) is 0 Å². The Labute approximate surface area is 124 Å². The number of nitrogens with two attached hydrogens (primary N) is 1. The lowest BCUT2D eigenvalue weighted by Gasteiger charge is -2.26. The second-order valence-electron chi connectivity index (χ2n) is 6.47. The van der Waals surface area contributed by atoms with Crippen molar-refractivity contribution in [1.82, 2.24) is 4.98 Å². The Morgan fingerprint density at radius 2 is 1.60 bits per heavy atom. The number of hydrogen-bond donors (Lipinski definition) is 1. The van der Waals surface area contributed by atoms with E-state index in [0.29, 0.717) is 6.54 Å². The van der Waals surface area contributed by atoms with E-state index < -0.39 is 0 Å². The Bertz CT molecular complexity index is 387. The van der Waals surface area contributed by atoms with Crippen molar-refractivity contribution in [2.75, 3.05) is 18.0 Å². The quantitative estimate of drug-likeness (QED) is 0.787. The van der Waals surface area contributed by atoms with Crippen molar-refractivity contribution in [2.45, 2.75) is 54.0 Å². The Hall–Kier alpha value is -1.09. The van der Waals surface area contributed by atoms with Crippen LogP contribution in [-0.4, -0.2) is 18.1 Å². The van der Waals surface area contributed by atoms with E-state index in [1.807, 2.05) is 0 Å². The van der Waals surface area contributed by atoms with Crippen molar-refractivity contribution in [2.24, 2.45) is 17.6 Å². The van der Waals surface area contributed by atoms with Crippen LogP contribution in [0.15, 0.2) is 12.1 Å². The maximum absolute atomic E-state index is 5.72. The van der Waals surface area contributed by atoms with E-state index in [0.717, 1.165) is 42.0 Å². The third-order valence-electron chi connectivity index (χ3n) is 3.68. The number of rotatable bonds is 8. The molecule has 0 unspecified atom stereocenters. The molecule has 114 valence electrons. The Morgan fingerprint density at radius 1 is 1.05 bits per heavy atom. The average Bonchev–Trinajstić information content (AvgIpc) is 2.38. The average molecular weight is 277 g/mol. The molecule has 0 fully saturated rings. The van der Waals surface area contributed by atoms with Crippen LogP contribution in [0.25, 0.3) is 0 Å². The summed E-state index contributed by atoms with van der Waals surface area (Å²) in [7, 11) is 0. The summed E-state index contributed by atoms with van der Waals surface area (Å²) in [5.41, 5.74) is 7.92. The minimum absolute atomic E-state index is 0.567. The highest BCUT2D eigenvalue weighted by Gasteiger charge is 2.11. The van der Waals surface area contributed by atoms with Crippen molar-refractivity contribution in [1.29, 1.82) is 0 Å². The van der Waals surface area contributed by atoms with Crippen molar-refractivity contribution >= 4 is 5.82 Å². The first kappa shape index (κ1) is 17.0. The molecule has 1 rings (SSSR count). The standard InChI is InChI=1S/C17H31N3/c1-13(2)8-10-20(11-9-14(3)4)17-7-6-16(12-18)15(5)19-17/h6-7,13-14H,8-12,18H2,1-5H3. The number of pyridine rings is 1. The normalized spacial score (nSPS) is 11.4. The van der Waals surface area contributed by atoms with Crippen LogP contribution in [0, 0.1) is 18.8 Å². The molecule has 0 atom stereocenters. The molecule has 2 N–H and O–H groups in total. The zero-order chi connectivity index (χ0) is 15.1. The van der Waals surface area contributed by atoms with Crippen LogP contribution in [0.2, 0.25) is 0 Å². The third kappa shape index (κ3) is 5.49. The van der Waals surface area contributed by atoms with Gasteiger partial charge in [0.15, 0.2) is 0 Å². The maximum atomic E-state index is 5.72. The van der Waals surface area contributed by atoms with Gasteiger partial charge in [-0.15, -0.1) is 0 Å². The third-order valence-corrected chi connectivity index (χ3v) is 3.68. The number of nitrogens with zero attached hydrogens (tertiary/aromatic N) is 2. The molecule has 0 radical (unpaired) electrons. The van der Waals surface area contributed by atoms with Crippen LogP contribution in [0.5, 0.6) is 0 Å². The summed E-state index contributed by atoms with van der Waals surface area (Å²) in [6.45, 7) is 13.9. The molecular formula is C17H31N3. The van der Waals surface area contributed by atoms with Crippen LogP contribution in [0.1, 0.15) is 51.8 Å². The van der Waals surface area contributed by atoms with Gasteiger partial charge in [-0.1, -0.05) is 33.8 Å². The van der Waals surface area contributed by atoms with Gasteiger partial charge >= 0.3 is 0 Å². The highest BCUT2D eigenvalue weighted by atomic mass is 15.2. The molecule has 0 aromatic carbocycles. The minimum atomic E-state index is 0.567. The SMILES string of the molecule is Cc1nc(N(CCC(C)C)CCC(C)C)ccc1CN. The molecule has 1 heterocycles. The van der Waals surface area contributed by atoms with E-state index in [1.165, 1.54) is 12.8 Å². The molecular weight excluding hydrogens is 246 g/mol. The van der Waals surface area contributed by atoms with Gasteiger partial charge in [0.2, 0.25) is 0 Å². The van der Waals surface area contributed by atoms with Gasteiger partial charge in [0, 0.05) is 25.3 Å². The molecule has 0 spiro atoms. The first-order valence-electron chi connectivity index (χ1n) is 7.85. The van der Waals surface area contributed by atoms with Gasteiger partial charge in [-0.2, -0.15) is 0 Å². The summed E-state index contributed by atoms with van der Waals surface area (Å²) < 4.78 is 0. The van der Waals surface area contributed by atoms with Crippen LogP contribution >= 0.6 is 0 Å². The molecule has 3 nitrogen and oxygen atoms in total. The first-order valence-corrected chi connectivity index (χ1v) is 7.85. The van der Waals surface area contributed by atoms with Gasteiger partial charge in [0.1, 0.15) is 5.82 Å². The van der Waals surface area contributed by atoms with Gasteiger partial charge in [-0.25, -0.2) is 4.98 Å². The van der Waals surface area contributed by atoms with Crippen LogP contribution in [0.4, 0.5) is 5.82 Å². The summed E-state index contributed by atoms with van der Waals surface area (Å²) in [5, 5.41) is 0. The summed E-state index contributed by atoms with van der Waals surface area (Å²) >= 11 is 0. The number of aromatic nitrogens is 1. The fourth-order valence-electron chi connectivity index (χ4n) is 2.14. The lowest BCUT2D eigenvalue weighted by atomic mass is 10.1. The van der Waals surface area contributed by atoms with E-state index in [2.05, 4.69) is 51.7 Å². The molecule has 0 aliphatic carbocycles. The molecule has 3 heteroatoms. The predicted octanol–water partition coefficient (Wildman–Crippen LogP) is 3.75. The smallest absolute Gasteiger partial charge is 0.128 e. The summed E-state index contributed by atoms with van der Waals surface area (Å²) in [6, 6.07) is 4.24. The number of anilines is 1. The van der Waals surface area contributed by atoms with E-state index in [4.69, 9.17) is 10.7 Å². The largest absolute Gasteiger partial charge is 0.357 e. The summed E-state index contributed by atoms with van der Waals surface area (Å²) in [4.78, 5) is 7.17. The highest BCUT2D eigenvalue weighted by Crippen LogP contribution is 2.17. The van der Waals surface area contributed by atoms with E-state index >= 15 is 0 Å².